The van der Waals surface area contributed by atoms with Crippen molar-refractivity contribution in [2.45, 2.75) is 12.6 Å². The van der Waals surface area contributed by atoms with E-state index in [1.54, 1.807) is 35.3 Å². The van der Waals surface area contributed by atoms with Gasteiger partial charge in [-0.1, -0.05) is 29.2 Å². The Kier molecular flexibility index (Phi) is 5.54. The molecule has 0 fully saturated rings. The molecule has 1 aromatic carbocycles. The molecule has 0 saturated heterocycles. The van der Waals surface area contributed by atoms with Crippen molar-refractivity contribution in [3.63, 3.8) is 0 Å². The van der Waals surface area contributed by atoms with Gasteiger partial charge in [0.15, 0.2) is 8.07 Å². The lowest BCUT2D eigenvalue weighted by atomic mass is 10.2. The van der Waals surface area contributed by atoms with E-state index in [0.29, 0.717) is 5.69 Å². The summed E-state index contributed by atoms with van der Waals surface area (Å²) in [5.74, 6) is -1.01. The van der Waals surface area contributed by atoms with Gasteiger partial charge in [-0.2, -0.15) is 13.2 Å². The molecule has 1 rings (SSSR count). The third-order valence-electron chi connectivity index (χ3n) is 3.47. The predicted octanol–water partition coefficient (Wildman–Crippen LogP) is 3.43. The topological polar surface area (TPSA) is 20.3 Å². The average Bonchev–Trinajstić information content (AvgIpc) is 2.47. The monoisotopic (exact) mass is 325 g/mol. The third kappa shape index (κ3) is 3.97. The van der Waals surface area contributed by atoms with Crippen molar-refractivity contribution in [1.29, 1.82) is 0 Å². The molecule has 6 heteroatoms. The summed E-state index contributed by atoms with van der Waals surface area (Å²) in [7, 11) is -0.995. The number of carbonyl (C=O) groups excluding carboxylic acids is 1. The van der Waals surface area contributed by atoms with E-state index < -0.39 is 26.6 Å². The van der Waals surface area contributed by atoms with Gasteiger partial charge in [0.2, 0.25) is 5.91 Å². The van der Waals surface area contributed by atoms with E-state index in [0.717, 1.165) is 10.1 Å². The lowest BCUT2D eigenvalue weighted by Gasteiger charge is -2.24. The minimum absolute atomic E-state index is 0.397. The van der Waals surface area contributed by atoms with Gasteiger partial charge in [0.05, 0.1) is 0 Å². The molecular formula is C16H18F3NOSi. The van der Waals surface area contributed by atoms with Crippen LogP contribution < -0.4 is 10.1 Å². The van der Waals surface area contributed by atoms with Crippen LogP contribution in [-0.4, -0.2) is 27.2 Å². The summed E-state index contributed by atoms with van der Waals surface area (Å²) >= 11 is 0. The lowest BCUT2D eigenvalue weighted by molar-refractivity contribution is -0.151. The summed E-state index contributed by atoms with van der Waals surface area (Å²) in [6.07, 6.45) is -6.01. The first-order chi connectivity index (χ1) is 10.2. The SMILES string of the molecule is C=C[Si](C=C)(C=C)c1cccc(N(C)C(=O)CC(F)(F)F)c1. The molecule has 0 unspecified atom stereocenters. The van der Waals surface area contributed by atoms with E-state index in [1.165, 1.54) is 7.05 Å². The van der Waals surface area contributed by atoms with Crippen LogP contribution in [0.3, 0.4) is 0 Å². The Morgan fingerprint density at radius 2 is 1.77 bits per heavy atom. The van der Waals surface area contributed by atoms with Crippen molar-refractivity contribution in [2.24, 2.45) is 0 Å². The Balaban J connectivity index is 3.16. The van der Waals surface area contributed by atoms with Crippen molar-refractivity contribution < 1.29 is 18.0 Å². The van der Waals surface area contributed by atoms with Gasteiger partial charge in [-0.3, -0.25) is 4.79 Å². The van der Waals surface area contributed by atoms with Gasteiger partial charge in [-0.15, -0.1) is 19.7 Å². The highest BCUT2D eigenvalue weighted by molar-refractivity contribution is 7.03. The van der Waals surface area contributed by atoms with E-state index in [-0.39, 0.29) is 0 Å². The van der Waals surface area contributed by atoms with Crippen molar-refractivity contribution in [1.82, 2.24) is 0 Å². The second kappa shape index (κ2) is 6.78. The molecule has 118 valence electrons. The maximum atomic E-state index is 12.3. The largest absolute Gasteiger partial charge is 0.397 e. The normalized spacial score (nSPS) is 11.6. The van der Waals surface area contributed by atoms with Crippen LogP contribution in [0.4, 0.5) is 18.9 Å². The zero-order valence-electron chi connectivity index (χ0n) is 12.4. The number of alkyl halides is 3. The Bertz CT molecular complexity index is 574. The molecule has 0 aliphatic heterocycles. The van der Waals surface area contributed by atoms with Gasteiger partial charge in [0.25, 0.3) is 0 Å². The third-order valence-corrected chi connectivity index (χ3v) is 6.81. The molecular weight excluding hydrogens is 307 g/mol. The predicted molar refractivity (Wildman–Crippen MR) is 86.5 cm³/mol. The van der Waals surface area contributed by atoms with Crippen LogP contribution in [-0.2, 0) is 4.79 Å². The fourth-order valence-electron chi connectivity index (χ4n) is 2.02. The number of amides is 1. The summed E-state index contributed by atoms with van der Waals surface area (Å²) in [6.45, 7) is 11.4. The molecule has 0 saturated carbocycles. The molecule has 0 aliphatic carbocycles. The molecule has 2 nitrogen and oxygen atoms in total. The van der Waals surface area contributed by atoms with Gasteiger partial charge in [-0.25, -0.2) is 0 Å². The number of hydrogen-bond donors (Lipinski definition) is 0. The summed E-state index contributed by atoms with van der Waals surface area (Å²) in [5, 5.41) is 0.858. The van der Waals surface area contributed by atoms with Crippen LogP contribution in [0.1, 0.15) is 6.42 Å². The zero-order valence-corrected chi connectivity index (χ0v) is 13.4. The fourth-order valence-corrected chi connectivity index (χ4v) is 4.01. The number of rotatable bonds is 6. The first-order valence-corrected chi connectivity index (χ1v) is 8.77. The Morgan fingerprint density at radius 3 is 2.23 bits per heavy atom. The van der Waals surface area contributed by atoms with Gasteiger partial charge < -0.3 is 4.90 Å². The molecule has 1 amide bonds. The molecule has 0 aliphatic rings. The highest BCUT2D eigenvalue weighted by atomic mass is 28.3. The molecule has 0 heterocycles. The number of nitrogens with zero attached hydrogens (tertiary/aromatic N) is 1. The second-order valence-corrected chi connectivity index (χ2v) is 8.51. The smallest absolute Gasteiger partial charge is 0.315 e. The number of halogens is 3. The fraction of sp³-hybridized carbons (Fsp3) is 0.188. The Labute approximate surface area is 129 Å². The Morgan fingerprint density at radius 1 is 1.23 bits per heavy atom. The minimum Gasteiger partial charge on any atom is -0.315 e. The van der Waals surface area contributed by atoms with Crippen LogP contribution in [0.5, 0.6) is 0 Å². The van der Waals surface area contributed by atoms with Gasteiger partial charge in [0, 0.05) is 12.7 Å². The standard InChI is InChI=1S/C16H18F3NOSi/c1-5-22(6-2,7-3)14-10-8-9-13(11-14)20(4)15(21)12-16(17,18)19/h5-11H,1-3,12H2,4H3. The van der Waals surface area contributed by atoms with E-state index in [1.807, 2.05) is 6.07 Å². The number of benzene rings is 1. The van der Waals surface area contributed by atoms with Crippen LogP contribution in [0.15, 0.2) is 61.1 Å². The highest BCUT2D eigenvalue weighted by Crippen LogP contribution is 2.23. The summed E-state index contributed by atoms with van der Waals surface area (Å²) in [5.41, 5.74) is 5.70. The molecule has 0 aromatic heterocycles. The van der Waals surface area contributed by atoms with Crippen LogP contribution in [0.25, 0.3) is 0 Å². The second-order valence-electron chi connectivity index (χ2n) is 4.84. The molecule has 0 spiro atoms. The average molecular weight is 325 g/mol. The maximum absolute atomic E-state index is 12.3. The lowest BCUT2D eigenvalue weighted by Crippen LogP contribution is -2.43. The number of anilines is 1. The molecule has 1 aromatic rings. The molecule has 22 heavy (non-hydrogen) atoms. The van der Waals surface area contributed by atoms with Crippen LogP contribution >= 0.6 is 0 Å². The van der Waals surface area contributed by atoms with Crippen molar-refractivity contribution >= 4 is 24.9 Å². The molecule has 0 radical (unpaired) electrons. The number of hydrogen-bond acceptors (Lipinski definition) is 1. The zero-order chi connectivity index (χ0) is 17.0. The van der Waals surface area contributed by atoms with Crippen LogP contribution in [0, 0.1) is 0 Å². The summed E-state index contributed by atoms with van der Waals surface area (Å²) in [6, 6.07) is 6.81. The van der Waals surface area contributed by atoms with Crippen molar-refractivity contribution in [2.75, 3.05) is 11.9 Å². The summed E-state index contributed by atoms with van der Waals surface area (Å²) < 4.78 is 37.0. The van der Waals surface area contributed by atoms with Crippen LogP contribution in [0.2, 0.25) is 0 Å². The van der Waals surface area contributed by atoms with E-state index in [9.17, 15) is 18.0 Å². The maximum Gasteiger partial charge on any atom is 0.397 e. The van der Waals surface area contributed by atoms with Gasteiger partial charge in [-0.05, 0) is 17.3 Å². The molecule has 0 N–H and O–H groups in total. The number of carbonyl (C=O) groups is 1. The highest BCUT2D eigenvalue weighted by Gasteiger charge is 2.33. The Hall–Kier alpha value is -2.08. The first-order valence-electron chi connectivity index (χ1n) is 6.53. The molecule has 0 bridgehead atoms. The van der Waals surface area contributed by atoms with E-state index in [4.69, 9.17) is 0 Å². The van der Waals surface area contributed by atoms with Crippen molar-refractivity contribution in [3.8, 4) is 0 Å². The quantitative estimate of drug-likeness (QED) is 0.734. The van der Waals surface area contributed by atoms with E-state index >= 15 is 0 Å². The molecule has 0 atom stereocenters. The van der Waals surface area contributed by atoms with Gasteiger partial charge in [0.1, 0.15) is 6.42 Å². The summed E-state index contributed by atoms with van der Waals surface area (Å²) in [4.78, 5) is 12.7. The van der Waals surface area contributed by atoms with Crippen molar-refractivity contribution in [3.05, 3.63) is 61.1 Å². The van der Waals surface area contributed by atoms with E-state index in [2.05, 4.69) is 19.7 Å². The minimum atomic E-state index is -4.52. The van der Waals surface area contributed by atoms with Gasteiger partial charge >= 0.3 is 6.18 Å². The first kappa shape index (κ1) is 18.0.